The van der Waals surface area contributed by atoms with Gasteiger partial charge in [0.05, 0.1) is 39.6 Å². The number of benzene rings is 2. The molecule has 18 nitrogen and oxygen atoms in total. The van der Waals surface area contributed by atoms with E-state index in [-0.39, 0.29) is 33.0 Å². The van der Waals surface area contributed by atoms with E-state index in [1.54, 1.807) is 76.2 Å². The van der Waals surface area contributed by atoms with Crippen LogP contribution in [0.25, 0.3) is 0 Å². The molecular weight excluding hydrogens is 921 g/mol. The minimum Gasteiger partial charge on any atom is -0.458 e. The molecule has 18 heteroatoms. The Morgan fingerprint density at radius 1 is 0.577 bits per heavy atom. The van der Waals surface area contributed by atoms with Gasteiger partial charge in [-0.25, -0.2) is 24.0 Å². The number of cyclic esters (lactones) is 2. The molecule has 0 spiro atoms. The molecule has 4 rings (SSSR count). The highest BCUT2D eigenvalue weighted by Gasteiger charge is 2.45. The van der Waals surface area contributed by atoms with E-state index in [1.807, 2.05) is 60.7 Å². The topological polar surface area (TPSA) is 202 Å². The van der Waals surface area contributed by atoms with E-state index in [0.717, 1.165) is 36.8 Å². The average Bonchev–Trinajstić information content (AvgIpc) is 3.35. The predicted molar refractivity (Wildman–Crippen MR) is 263 cm³/mol. The normalized spacial score (nSPS) is 23.5. The van der Waals surface area contributed by atoms with Gasteiger partial charge < -0.3 is 57.4 Å². The second-order valence-corrected chi connectivity index (χ2v) is 20.5. The fourth-order valence-electron chi connectivity index (χ4n) is 6.93. The maximum absolute atomic E-state index is 13.4. The van der Waals surface area contributed by atoms with Crippen LogP contribution >= 0.6 is 0 Å². The molecule has 400 valence electrons. The van der Waals surface area contributed by atoms with Crippen LogP contribution in [0.3, 0.4) is 0 Å². The Labute approximate surface area is 421 Å². The number of esters is 2. The number of nitrogens with zero attached hydrogens (tertiary/aromatic N) is 1. The van der Waals surface area contributed by atoms with E-state index in [1.165, 1.54) is 0 Å². The van der Waals surface area contributed by atoms with E-state index >= 15 is 0 Å². The van der Waals surface area contributed by atoms with E-state index in [2.05, 4.69) is 19.2 Å². The van der Waals surface area contributed by atoms with Crippen LogP contribution in [0.2, 0.25) is 0 Å². The number of rotatable bonds is 16. The smallest absolute Gasteiger partial charge is 0.420 e. The lowest BCUT2D eigenvalue weighted by atomic mass is 10.1. The number of carbonyl (C=O) groups excluding carboxylic acids is 5. The van der Waals surface area contributed by atoms with Crippen molar-refractivity contribution in [3.8, 4) is 0 Å². The van der Waals surface area contributed by atoms with Crippen LogP contribution in [0.4, 0.5) is 14.4 Å². The quantitative estimate of drug-likeness (QED) is 0.0948. The summed E-state index contributed by atoms with van der Waals surface area (Å²) in [5, 5.41) is 2.54. The largest absolute Gasteiger partial charge is 0.458 e. The van der Waals surface area contributed by atoms with Crippen molar-refractivity contribution in [2.24, 2.45) is 0 Å². The molecule has 2 aromatic carbocycles. The van der Waals surface area contributed by atoms with Gasteiger partial charge in [-0.15, -0.1) is 0 Å². The van der Waals surface area contributed by atoms with Crippen molar-refractivity contribution in [3.63, 3.8) is 0 Å². The van der Waals surface area contributed by atoms with Crippen LogP contribution in [0, 0.1) is 0 Å². The third kappa shape index (κ3) is 23.1. The van der Waals surface area contributed by atoms with Gasteiger partial charge in [-0.05, 0) is 100 Å². The highest BCUT2D eigenvalue weighted by molar-refractivity contribution is 5.94. The summed E-state index contributed by atoms with van der Waals surface area (Å²) in [6.45, 7) is 24.3. The Kier molecular flexibility index (Phi) is 25.2. The number of unbranched alkanes of at least 4 members (excludes halogenated alkanes) is 2. The molecule has 2 fully saturated rings. The maximum atomic E-state index is 13.4. The molecule has 71 heavy (non-hydrogen) atoms. The fourth-order valence-corrected chi connectivity index (χ4v) is 6.93. The zero-order chi connectivity index (χ0) is 52.8. The lowest BCUT2D eigenvalue weighted by molar-refractivity contribution is -0.171. The second kappa shape index (κ2) is 29.6. The predicted octanol–water partition coefficient (Wildman–Crippen LogP) is 8.87. The van der Waals surface area contributed by atoms with Crippen LogP contribution in [0.5, 0.6) is 0 Å². The monoisotopic (exact) mass is 1000 g/mol. The Morgan fingerprint density at radius 3 is 1.39 bits per heavy atom. The lowest BCUT2D eigenvalue weighted by Gasteiger charge is -2.32. The summed E-state index contributed by atoms with van der Waals surface area (Å²) in [5.74, 6) is -1.45. The SMILES string of the molecule is CCCCO[C@H]1COC[C@H](N(C(=O)OC(C)(C)C)C(=O)OC(C)(C)C)C(=O)O[C@@H](C)[C@@H]1OCc1ccccc1.CCCCO[C@H]1COC[C@H](NC(=O)OC(C)(C)C)C(=O)O[C@@H](C)[C@@H]1OCc1ccccc1. The van der Waals surface area contributed by atoms with Crippen molar-refractivity contribution in [1.82, 2.24) is 10.2 Å². The fraction of sp³-hybridized carbons (Fsp3) is 0.679. The number of hydrogen-bond acceptors (Lipinski definition) is 16. The summed E-state index contributed by atoms with van der Waals surface area (Å²) in [4.78, 5) is 65.3. The molecule has 3 amide bonds. The van der Waals surface area contributed by atoms with Crippen LogP contribution < -0.4 is 5.32 Å². The molecule has 2 aromatic rings. The number of nitrogens with one attached hydrogen (secondary N) is 1. The average molecular weight is 1000 g/mol. The summed E-state index contributed by atoms with van der Waals surface area (Å²) in [7, 11) is 0. The van der Waals surface area contributed by atoms with Crippen molar-refractivity contribution >= 4 is 30.2 Å². The lowest BCUT2D eigenvalue weighted by Crippen LogP contribution is -2.54. The standard InChI is InChI=1S/C29H45NO9.C24H37NO7/c1-9-10-16-35-23-19-34-18-22(30(26(32)38-28(3,4)5)27(33)39-29(6,7)8)25(31)37-20(2)24(23)36-17-21-14-12-11-13-15-21;1-6-7-13-29-20-16-28-15-19(25-23(27)32-24(3,4)5)22(26)31-17(2)21(20)30-14-18-11-9-8-10-12-18/h11-15,20,22-24H,9-10,16-19H2,1-8H3;8-12,17,19-21H,6-7,13-16H2,1-5H3,(H,25,27)/t20-,22-,23-,24-;17-,19-,20-,21-/m00/s1. The molecule has 2 heterocycles. The van der Waals surface area contributed by atoms with Crippen molar-refractivity contribution < 1.29 is 76.1 Å². The van der Waals surface area contributed by atoms with Gasteiger partial charge in [-0.3, -0.25) is 0 Å². The Bertz CT molecular complexity index is 1870. The van der Waals surface area contributed by atoms with Gasteiger partial charge in [-0.2, -0.15) is 4.90 Å². The molecule has 0 aliphatic carbocycles. The van der Waals surface area contributed by atoms with Crippen LogP contribution in [-0.4, -0.2) is 140 Å². The molecule has 0 unspecified atom stereocenters. The Balaban J connectivity index is 0.000000383. The molecule has 0 aromatic heterocycles. The first-order chi connectivity index (χ1) is 33.4. The number of ether oxygens (including phenoxy) is 11. The number of hydrogen-bond donors (Lipinski definition) is 1. The van der Waals surface area contributed by atoms with Crippen LogP contribution in [0.1, 0.15) is 127 Å². The third-order valence-corrected chi connectivity index (χ3v) is 10.4. The molecular formula is C53H82N2O16. The van der Waals surface area contributed by atoms with Crippen LogP contribution in [-0.2, 0) is 74.9 Å². The highest BCUT2D eigenvalue weighted by atomic mass is 16.6. The summed E-state index contributed by atoms with van der Waals surface area (Å²) in [5.41, 5.74) is -0.591. The maximum Gasteiger partial charge on any atom is 0.420 e. The summed E-state index contributed by atoms with van der Waals surface area (Å²) in [6, 6.07) is 16.9. The molecule has 0 radical (unpaired) electrons. The molecule has 2 saturated heterocycles. The zero-order valence-electron chi connectivity index (χ0n) is 44.4. The number of carbonyl (C=O) groups is 5. The summed E-state index contributed by atoms with van der Waals surface area (Å²) < 4.78 is 63.7. The summed E-state index contributed by atoms with van der Waals surface area (Å²) in [6.07, 6.45) is -2.68. The molecule has 0 bridgehead atoms. The highest BCUT2D eigenvalue weighted by Crippen LogP contribution is 2.24. The Morgan fingerprint density at radius 2 is 0.986 bits per heavy atom. The van der Waals surface area contributed by atoms with Crippen molar-refractivity contribution in [2.75, 3.05) is 39.6 Å². The Hall–Kier alpha value is -4.85. The molecule has 1 N–H and O–H groups in total. The molecule has 2 aliphatic rings. The number of alkyl carbamates (subject to hydrolysis) is 1. The van der Waals surface area contributed by atoms with Gasteiger partial charge in [0.2, 0.25) is 0 Å². The van der Waals surface area contributed by atoms with E-state index < -0.39 is 95.7 Å². The number of amides is 3. The second-order valence-electron chi connectivity index (χ2n) is 20.5. The van der Waals surface area contributed by atoms with Gasteiger partial charge in [0.1, 0.15) is 53.4 Å². The molecule has 8 atom stereocenters. The van der Waals surface area contributed by atoms with Gasteiger partial charge in [-0.1, -0.05) is 87.4 Å². The summed E-state index contributed by atoms with van der Waals surface area (Å²) >= 11 is 0. The van der Waals surface area contributed by atoms with Crippen LogP contribution in [0.15, 0.2) is 60.7 Å². The van der Waals surface area contributed by atoms with Crippen molar-refractivity contribution in [2.45, 2.75) is 194 Å². The van der Waals surface area contributed by atoms with Gasteiger partial charge in [0.25, 0.3) is 0 Å². The molecule has 2 aliphatic heterocycles. The molecule has 0 saturated carbocycles. The first-order valence-electron chi connectivity index (χ1n) is 24.8. The van der Waals surface area contributed by atoms with Crippen molar-refractivity contribution in [1.29, 1.82) is 0 Å². The van der Waals surface area contributed by atoms with Gasteiger partial charge in [0.15, 0.2) is 12.1 Å². The van der Waals surface area contributed by atoms with E-state index in [0.29, 0.717) is 24.7 Å². The van der Waals surface area contributed by atoms with E-state index in [4.69, 9.17) is 52.1 Å². The third-order valence-electron chi connectivity index (χ3n) is 10.4. The van der Waals surface area contributed by atoms with Gasteiger partial charge >= 0.3 is 30.2 Å². The minimum atomic E-state index is -1.44. The van der Waals surface area contributed by atoms with Gasteiger partial charge in [0, 0.05) is 13.2 Å². The van der Waals surface area contributed by atoms with Crippen molar-refractivity contribution in [3.05, 3.63) is 71.8 Å². The number of imide groups is 1. The first-order valence-corrected chi connectivity index (χ1v) is 24.8. The van der Waals surface area contributed by atoms with E-state index in [9.17, 15) is 24.0 Å². The first kappa shape index (κ1) is 60.5. The minimum absolute atomic E-state index is 0.0517. The zero-order valence-corrected chi connectivity index (χ0v) is 44.4.